The first kappa shape index (κ1) is 22.2. The second-order valence-corrected chi connectivity index (χ2v) is 8.47. The quantitative estimate of drug-likeness (QED) is 0.360. The minimum absolute atomic E-state index is 0.164. The molecule has 3 aromatic heterocycles. The summed E-state index contributed by atoms with van der Waals surface area (Å²) in [6, 6.07) is 3.38. The van der Waals surface area contributed by atoms with Crippen molar-refractivity contribution >= 4 is 33.4 Å². The molecule has 0 aliphatic carbocycles. The lowest BCUT2D eigenvalue weighted by Crippen LogP contribution is -2.57. The van der Waals surface area contributed by atoms with Gasteiger partial charge in [0.05, 0.1) is 29.0 Å². The van der Waals surface area contributed by atoms with Gasteiger partial charge in [-0.2, -0.15) is 9.97 Å². The predicted octanol–water partition coefficient (Wildman–Crippen LogP) is 2.65. The molecule has 34 heavy (non-hydrogen) atoms. The molecule has 1 saturated heterocycles. The molecule has 1 aliphatic rings. The highest BCUT2D eigenvalue weighted by molar-refractivity contribution is 6.14. The molecular formula is C23H28FN9O. The number of benzene rings is 1. The summed E-state index contributed by atoms with van der Waals surface area (Å²) in [6.45, 7) is 7.96. The second kappa shape index (κ2) is 8.99. The standard InChI is InChI=1S/C23H28FN9O/c1-4-33(6-5-32-11-15(25)12-32)22-19-17-7-14(24)8-18(26-3)20(17)29-21(19)30-23(31-22)34-16-9-27-13(2)28-10-16/h7-10,15,26H,4-6,11-12,25H2,1-3H3,(H,29,30,31). The summed E-state index contributed by atoms with van der Waals surface area (Å²) in [6.07, 6.45) is 3.17. The van der Waals surface area contributed by atoms with E-state index in [1.165, 1.54) is 12.1 Å². The molecule has 11 heteroatoms. The van der Waals surface area contributed by atoms with Crippen LogP contribution in [0, 0.1) is 12.7 Å². The number of likely N-dealkylation sites (tertiary alicyclic amines) is 1. The molecule has 0 amide bonds. The number of ether oxygens (including phenoxy) is 1. The Morgan fingerprint density at radius 1 is 1.26 bits per heavy atom. The van der Waals surface area contributed by atoms with Gasteiger partial charge in [-0.05, 0) is 26.0 Å². The number of nitrogens with one attached hydrogen (secondary N) is 2. The maximum atomic E-state index is 14.5. The third kappa shape index (κ3) is 4.19. The Morgan fingerprint density at radius 3 is 2.71 bits per heavy atom. The first-order valence-corrected chi connectivity index (χ1v) is 11.3. The van der Waals surface area contributed by atoms with Crippen molar-refractivity contribution in [2.75, 3.05) is 50.0 Å². The van der Waals surface area contributed by atoms with Crippen molar-refractivity contribution in [3.05, 3.63) is 36.2 Å². The van der Waals surface area contributed by atoms with Gasteiger partial charge in [-0.15, -0.1) is 0 Å². The third-order valence-corrected chi connectivity index (χ3v) is 6.07. The molecule has 4 aromatic rings. The van der Waals surface area contributed by atoms with E-state index in [0.717, 1.165) is 37.1 Å². The fourth-order valence-electron chi connectivity index (χ4n) is 4.30. The van der Waals surface area contributed by atoms with Crippen LogP contribution < -0.4 is 20.7 Å². The normalized spacial score (nSPS) is 14.5. The second-order valence-electron chi connectivity index (χ2n) is 8.47. The smallest absolute Gasteiger partial charge is 0.326 e. The lowest BCUT2D eigenvalue weighted by molar-refractivity contribution is 0.155. The number of aryl methyl sites for hydroxylation is 1. The largest absolute Gasteiger partial charge is 0.421 e. The number of nitrogens with two attached hydrogens (primary N) is 1. The average Bonchev–Trinajstić information content (AvgIpc) is 3.17. The van der Waals surface area contributed by atoms with Crippen molar-refractivity contribution in [3.8, 4) is 11.8 Å². The van der Waals surface area contributed by atoms with Crippen molar-refractivity contribution < 1.29 is 9.13 Å². The Morgan fingerprint density at radius 2 is 2.03 bits per heavy atom. The summed E-state index contributed by atoms with van der Waals surface area (Å²) < 4.78 is 20.4. The molecule has 0 unspecified atom stereocenters. The molecule has 0 spiro atoms. The van der Waals surface area contributed by atoms with E-state index in [2.05, 4.69) is 42.0 Å². The zero-order valence-electron chi connectivity index (χ0n) is 19.5. The molecule has 1 aliphatic heterocycles. The summed E-state index contributed by atoms with van der Waals surface area (Å²) >= 11 is 0. The Kier molecular flexibility index (Phi) is 5.88. The topological polar surface area (TPSA) is 121 Å². The highest BCUT2D eigenvalue weighted by atomic mass is 19.1. The van der Waals surface area contributed by atoms with Crippen molar-refractivity contribution in [1.82, 2.24) is 29.8 Å². The van der Waals surface area contributed by atoms with E-state index in [4.69, 9.17) is 15.5 Å². The minimum Gasteiger partial charge on any atom is -0.421 e. The fraction of sp³-hybridized carbons (Fsp3) is 0.391. The summed E-state index contributed by atoms with van der Waals surface area (Å²) in [7, 11) is 1.76. The van der Waals surface area contributed by atoms with Crippen LogP contribution in [0.3, 0.4) is 0 Å². The molecule has 0 atom stereocenters. The van der Waals surface area contributed by atoms with Crippen molar-refractivity contribution in [2.24, 2.45) is 5.73 Å². The van der Waals surface area contributed by atoms with Crippen LogP contribution in [0.4, 0.5) is 15.9 Å². The van der Waals surface area contributed by atoms with Gasteiger partial charge in [-0.3, -0.25) is 4.90 Å². The molecule has 5 rings (SSSR count). The summed E-state index contributed by atoms with van der Waals surface area (Å²) in [4.78, 5) is 25.5. The van der Waals surface area contributed by atoms with Gasteiger partial charge in [0.25, 0.3) is 0 Å². The van der Waals surface area contributed by atoms with Crippen LogP contribution in [-0.4, -0.2) is 75.6 Å². The number of halogens is 1. The lowest BCUT2D eigenvalue weighted by Gasteiger charge is -2.38. The van der Waals surface area contributed by atoms with E-state index in [1.54, 1.807) is 26.4 Å². The van der Waals surface area contributed by atoms with Crippen LogP contribution in [0.25, 0.3) is 21.9 Å². The number of likely N-dealkylation sites (N-methyl/N-ethyl adjacent to an activating group) is 1. The van der Waals surface area contributed by atoms with E-state index >= 15 is 0 Å². The molecule has 0 radical (unpaired) electrons. The third-order valence-electron chi connectivity index (χ3n) is 6.07. The van der Waals surface area contributed by atoms with Gasteiger partial charge < -0.3 is 25.7 Å². The van der Waals surface area contributed by atoms with Crippen molar-refractivity contribution in [2.45, 2.75) is 19.9 Å². The van der Waals surface area contributed by atoms with E-state index in [0.29, 0.717) is 40.7 Å². The zero-order chi connectivity index (χ0) is 23.8. The number of H-pyrrole nitrogens is 1. The van der Waals surface area contributed by atoms with Crippen molar-refractivity contribution in [1.29, 1.82) is 0 Å². The summed E-state index contributed by atoms with van der Waals surface area (Å²) in [5, 5.41) is 4.52. The molecule has 1 fully saturated rings. The van der Waals surface area contributed by atoms with Gasteiger partial charge >= 0.3 is 6.01 Å². The van der Waals surface area contributed by atoms with Gasteiger partial charge in [0.2, 0.25) is 0 Å². The SMILES string of the molecule is CCN(CCN1CC(N)C1)c1nc(Oc2cnc(C)nc2)nc2[nH]c3c(NC)cc(F)cc3c12. The molecule has 10 nitrogen and oxygen atoms in total. The number of nitrogens with zero attached hydrogens (tertiary/aromatic N) is 6. The number of hydrogen-bond acceptors (Lipinski definition) is 9. The summed E-state index contributed by atoms with van der Waals surface area (Å²) in [5.41, 5.74) is 7.91. The van der Waals surface area contributed by atoms with Gasteiger partial charge in [0, 0.05) is 51.2 Å². The van der Waals surface area contributed by atoms with E-state index in [9.17, 15) is 4.39 Å². The van der Waals surface area contributed by atoms with E-state index in [1.807, 2.05) is 0 Å². The van der Waals surface area contributed by atoms with Crippen LogP contribution in [-0.2, 0) is 0 Å². The molecule has 1 aromatic carbocycles. The Labute approximate surface area is 196 Å². The number of hydrogen-bond donors (Lipinski definition) is 3. The van der Waals surface area contributed by atoms with Crippen LogP contribution in [0.1, 0.15) is 12.7 Å². The number of aromatic nitrogens is 5. The monoisotopic (exact) mass is 465 g/mol. The van der Waals surface area contributed by atoms with Crippen LogP contribution >= 0.6 is 0 Å². The van der Waals surface area contributed by atoms with Crippen LogP contribution in [0.5, 0.6) is 11.8 Å². The highest BCUT2D eigenvalue weighted by Crippen LogP contribution is 2.37. The molecule has 4 N–H and O–H groups in total. The van der Waals surface area contributed by atoms with Crippen LogP contribution in [0.15, 0.2) is 24.5 Å². The Balaban J connectivity index is 1.61. The number of fused-ring (bicyclic) bond motifs is 3. The molecule has 4 heterocycles. The number of rotatable bonds is 8. The van der Waals surface area contributed by atoms with Crippen molar-refractivity contribution in [3.63, 3.8) is 0 Å². The van der Waals surface area contributed by atoms with E-state index in [-0.39, 0.29) is 17.9 Å². The maximum Gasteiger partial charge on any atom is 0.326 e. The van der Waals surface area contributed by atoms with Gasteiger partial charge in [0.15, 0.2) is 5.75 Å². The summed E-state index contributed by atoms with van der Waals surface area (Å²) in [5.74, 6) is 1.42. The molecule has 0 saturated carbocycles. The first-order valence-electron chi connectivity index (χ1n) is 11.3. The Bertz CT molecular complexity index is 1320. The first-order chi connectivity index (χ1) is 16.4. The zero-order valence-corrected chi connectivity index (χ0v) is 19.5. The van der Waals surface area contributed by atoms with Gasteiger partial charge in [0.1, 0.15) is 23.1 Å². The Hall–Kier alpha value is -3.57. The van der Waals surface area contributed by atoms with Gasteiger partial charge in [-0.25, -0.2) is 14.4 Å². The van der Waals surface area contributed by atoms with Crippen LogP contribution in [0.2, 0.25) is 0 Å². The lowest BCUT2D eigenvalue weighted by atomic mass is 10.1. The number of anilines is 2. The minimum atomic E-state index is -0.335. The maximum absolute atomic E-state index is 14.5. The van der Waals surface area contributed by atoms with E-state index < -0.39 is 0 Å². The predicted molar refractivity (Wildman–Crippen MR) is 130 cm³/mol. The number of aromatic amines is 1. The molecule has 178 valence electrons. The van der Waals surface area contributed by atoms with Gasteiger partial charge in [-0.1, -0.05) is 0 Å². The fourth-order valence-corrected chi connectivity index (χ4v) is 4.30. The molecule has 0 bridgehead atoms. The average molecular weight is 466 g/mol. The molecular weight excluding hydrogens is 437 g/mol. The highest BCUT2D eigenvalue weighted by Gasteiger charge is 2.25.